The molecule has 2 aromatic rings. The van der Waals surface area contributed by atoms with E-state index in [-0.39, 0.29) is 12.1 Å². The fourth-order valence-electron chi connectivity index (χ4n) is 1.88. The number of benzene rings is 1. The number of rotatable bonds is 6. The number of carbonyl (C=O) groups is 2. The van der Waals surface area contributed by atoms with Crippen molar-refractivity contribution in [3.05, 3.63) is 61.2 Å². The van der Waals surface area contributed by atoms with Crippen molar-refractivity contribution in [1.29, 1.82) is 0 Å². The maximum Gasteiger partial charge on any atom is 0.326 e. The van der Waals surface area contributed by atoms with Crippen molar-refractivity contribution < 1.29 is 14.7 Å². The van der Waals surface area contributed by atoms with E-state index in [0.29, 0.717) is 0 Å². The molecule has 1 heterocycles. The Morgan fingerprint density at radius 3 is 2.71 bits per heavy atom. The maximum atomic E-state index is 12.2. The van der Waals surface area contributed by atoms with Crippen molar-refractivity contribution in [1.82, 2.24) is 14.9 Å². The SMILES string of the molecule is C=CCC(NC(=O)c1cncn1-c1ccccc1)C(=O)O. The van der Waals surface area contributed by atoms with E-state index in [9.17, 15) is 9.59 Å². The molecule has 1 atom stereocenters. The summed E-state index contributed by atoms with van der Waals surface area (Å²) in [4.78, 5) is 27.2. The minimum atomic E-state index is -1.10. The van der Waals surface area contributed by atoms with Crippen LogP contribution in [0.5, 0.6) is 0 Å². The zero-order chi connectivity index (χ0) is 15.2. The van der Waals surface area contributed by atoms with E-state index in [2.05, 4.69) is 16.9 Å². The van der Waals surface area contributed by atoms with E-state index in [4.69, 9.17) is 5.11 Å². The van der Waals surface area contributed by atoms with Crippen LogP contribution < -0.4 is 5.32 Å². The molecule has 6 heteroatoms. The van der Waals surface area contributed by atoms with Crippen LogP contribution in [0.25, 0.3) is 5.69 Å². The highest BCUT2D eigenvalue weighted by Gasteiger charge is 2.21. The standard InChI is InChI=1S/C15H15N3O3/c1-2-6-12(15(20)21)17-14(19)13-9-16-10-18(13)11-7-4-3-5-8-11/h2-5,7-10,12H,1,6H2,(H,17,19)(H,20,21). The summed E-state index contributed by atoms with van der Waals surface area (Å²) in [5.41, 5.74) is 1.05. The van der Waals surface area contributed by atoms with E-state index < -0.39 is 17.9 Å². The molecule has 0 aliphatic rings. The van der Waals surface area contributed by atoms with Crippen molar-refractivity contribution in [3.8, 4) is 5.69 Å². The quantitative estimate of drug-likeness (QED) is 0.790. The van der Waals surface area contributed by atoms with Crippen LogP contribution >= 0.6 is 0 Å². The minimum absolute atomic E-state index is 0.153. The number of nitrogens with one attached hydrogen (secondary N) is 1. The number of aliphatic carboxylic acids is 1. The molecule has 1 unspecified atom stereocenters. The van der Waals surface area contributed by atoms with Crippen molar-refractivity contribution in [2.75, 3.05) is 0 Å². The molecule has 0 radical (unpaired) electrons. The second-order valence-corrected chi connectivity index (χ2v) is 4.37. The summed E-state index contributed by atoms with van der Waals surface area (Å²) in [6.45, 7) is 3.49. The van der Waals surface area contributed by atoms with Gasteiger partial charge in [0, 0.05) is 5.69 Å². The van der Waals surface area contributed by atoms with E-state index in [1.807, 2.05) is 30.3 Å². The monoisotopic (exact) mass is 285 g/mol. The number of carboxylic acid groups (broad SMARTS) is 1. The number of hydrogen-bond acceptors (Lipinski definition) is 3. The van der Waals surface area contributed by atoms with Crippen LogP contribution in [0.3, 0.4) is 0 Å². The van der Waals surface area contributed by atoms with Gasteiger partial charge < -0.3 is 10.4 Å². The van der Waals surface area contributed by atoms with Crippen LogP contribution in [-0.2, 0) is 4.79 Å². The van der Waals surface area contributed by atoms with Crippen molar-refractivity contribution >= 4 is 11.9 Å². The molecule has 1 aromatic carbocycles. The molecule has 0 aliphatic carbocycles. The van der Waals surface area contributed by atoms with Crippen LogP contribution in [0.1, 0.15) is 16.9 Å². The first kappa shape index (κ1) is 14.5. The summed E-state index contributed by atoms with van der Waals surface area (Å²) in [5.74, 6) is -1.60. The van der Waals surface area contributed by atoms with Crippen LogP contribution in [0, 0.1) is 0 Å². The Morgan fingerprint density at radius 2 is 2.10 bits per heavy atom. The number of aromatic nitrogens is 2. The number of para-hydroxylation sites is 1. The fourth-order valence-corrected chi connectivity index (χ4v) is 1.88. The molecule has 21 heavy (non-hydrogen) atoms. The summed E-state index contributed by atoms with van der Waals surface area (Å²) in [5, 5.41) is 11.5. The summed E-state index contributed by atoms with van der Waals surface area (Å²) in [6.07, 6.45) is 4.51. The number of carboxylic acids is 1. The third-order valence-electron chi connectivity index (χ3n) is 2.91. The highest BCUT2D eigenvalue weighted by molar-refractivity contribution is 5.95. The van der Waals surface area contributed by atoms with Crippen molar-refractivity contribution in [2.24, 2.45) is 0 Å². The van der Waals surface area contributed by atoms with Gasteiger partial charge in [-0.05, 0) is 18.6 Å². The zero-order valence-electron chi connectivity index (χ0n) is 11.3. The molecule has 0 fully saturated rings. The average Bonchev–Trinajstić information content (AvgIpc) is 2.97. The van der Waals surface area contributed by atoms with Gasteiger partial charge in [-0.15, -0.1) is 6.58 Å². The lowest BCUT2D eigenvalue weighted by Crippen LogP contribution is -2.41. The lowest BCUT2D eigenvalue weighted by molar-refractivity contribution is -0.139. The lowest BCUT2D eigenvalue weighted by Gasteiger charge is -2.13. The molecular weight excluding hydrogens is 270 g/mol. The zero-order valence-corrected chi connectivity index (χ0v) is 11.3. The molecule has 0 saturated heterocycles. The topological polar surface area (TPSA) is 84.2 Å². The Hall–Kier alpha value is -2.89. The second kappa shape index (κ2) is 6.51. The first-order valence-electron chi connectivity index (χ1n) is 6.36. The first-order chi connectivity index (χ1) is 10.1. The van der Waals surface area contributed by atoms with Crippen LogP contribution in [-0.4, -0.2) is 32.6 Å². The fraction of sp³-hybridized carbons (Fsp3) is 0.133. The van der Waals surface area contributed by atoms with Crippen LogP contribution in [0.4, 0.5) is 0 Å². The Balaban J connectivity index is 2.23. The summed E-state index contributed by atoms with van der Waals surface area (Å²) < 4.78 is 1.60. The molecule has 6 nitrogen and oxygen atoms in total. The third-order valence-corrected chi connectivity index (χ3v) is 2.91. The Kier molecular flexibility index (Phi) is 4.50. The second-order valence-electron chi connectivity index (χ2n) is 4.37. The lowest BCUT2D eigenvalue weighted by atomic mass is 10.2. The van der Waals surface area contributed by atoms with Gasteiger partial charge in [0.1, 0.15) is 11.7 Å². The number of imidazole rings is 1. The molecular formula is C15H15N3O3. The van der Waals surface area contributed by atoms with Gasteiger partial charge in [-0.3, -0.25) is 9.36 Å². The van der Waals surface area contributed by atoms with E-state index in [1.165, 1.54) is 18.6 Å². The molecule has 0 bridgehead atoms. The minimum Gasteiger partial charge on any atom is -0.480 e. The van der Waals surface area contributed by atoms with E-state index >= 15 is 0 Å². The van der Waals surface area contributed by atoms with Gasteiger partial charge in [-0.1, -0.05) is 24.3 Å². The normalized spacial score (nSPS) is 11.6. The van der Waals surface area contributed by atoms with Gasteiger partial charge in [0.05, 0.1) is 12.5 Å². The van der Waals surface area contributed by atoms with E-state index in [0.717, 1.165) is 5.69 Å². The Morgan fingerprint density at radius 1 is 1.38 bits per heavy atom. The number of amides is 1. The van der Waals surface area contributed by atoms with Gasteiger partial charge in [0.2, 0.25) is 0 Å². The molecule has 1 amide bonds. The predicted octanol–water partition coefficient (Wildman–Crippen LogP) is 1.63. The van der Waals surface area contributed by atoms with Gasteiger partial charge in [0.25, 0.3) is 5.91 Å². The first-order valence-corrected chi connectivity index (χ1v) is 6.36. The molecule has 0 aliphatic heterocycles. The van der Waals surface area contributed by atoms with Crippen LogP contribution in [0.15, 0.2) is 55.5 Å². The largest absolute Gasteiger partial charge is 0.480 e. The number of nitrogens with zero attached hydrogens (tertiary/aromatic N) is 2. The predicted molar refractivity (Wildman–Crippen MR) is 77.3 cm³/mol. The molecule has 2 N–H and O–H groups in total. The average molecular weight is 285 g/mol. The van der Waals surface area contributed by atoms with Crippen molar-refractivity contribution in [2.45, 2.75) is 12.5 Å². The smallest absolute Gasteiger partial charge is 0.326 e. The summed E-state index contributed by atoms with van der Waals surface area (Å²) >= 11 is 0. The van der Waals surface area contributed by atoms with Gasteiger partial charge in [-0.2, -0.15) is 0 Å². The number of carbonyl (C=O) groups excluding carboxylic acids is 1. The summed E-state index contributed by atoms with van der Waals surface area (Å²) in [7, 11) is 0. The third kappa shape index (κ3) is 3.36. The molecule has 108 valence electrons. The van der Waals surface area contributed by atoms with Gasteiger partial charge >= 0.3 is 5.97 Å². The van der Waals surface area contributed by atoms with Gasteiger partial charge in [0.15, 0.2) is 0 Å². The number of hydrogen-bond donors (Lipinski definition) is 2. The Labute approximate surface area is 121 Å². The van der Waals surface area contributed by atoms with E-state index in [1.54, 1.807) is 4.57 Å². The molecule has 2 rings (SSSR count). The Bertz CT molecular complexity index is 649. The van der Waals surface area contributed by atoms with Gasteiger partial charge in [-0.25, -0.2) is 9.78 Å². The highest BCUT2D eigenvalue weighted by atomic mass is 16.4. The van der Waals surface area contributed by atoms with Crippen LogP contribution in [0.2, 0.25) is 0 Å². The molecule has 0 saturated carbocycles. The van der Waals surface area contributed by atoms with Crippen molar-refractivity contribution in [3.63, 3.8) is 0 Å². The molecule has 0 spiro atoms. The highest BCUT2D eigenvalue weighted by Crippen LogP contribution is 2.11. The molecule has 1 aromatic heterocycles. The summed E-state index contributed by atoms with van der Waals surface area (Å²) in [6, 6.07) is 8.20. The maximum absolute atomic E-state index is 12.2.